The number of nitrogens with one attached hydrogen (secondary N) is 2. The molecule has 1 aromatic carbocycles. The summed E-state index contributed by atoms with van der Waals surface area (Å²) >= 11 is 0. The molecule has 0 saturated carbocycles. The number of hydrazine groups is 1. The molecule has 90 valence electrons. The maximum atomic E-state index is 11.4. The fourth-order valence-corrected chi connectivity index (χ4v) is 1.96. The Hall–Kier alpha value is -2.01. The van der Waals surface area contributed by atoms with Crippen LogP contribution in [0.1, 0.15) is 11.3 Å². The van der Waals surface area contributed by atoms with Crippen molar-refractivity contribution in [2.75, 3.05) is 7.05 Å². The molecular weight excluding hydrogens is 216 g/mol. The maximum absolute atomic E-state index is 11.4. The standard InChI is InChI=1S/C12H16N4O/c1-8-10(7-16(2)12(17)15-13)9-5-3-4-6-11(9)14-8/h3-6,14H,7,13H2,1-2H3,(H,15,17). The Morgan fingerprint density at radius 1 is 1.47 bits per heavy atom. The van der Waals surface area contributed by atoms with Crippen LogP contribution in [-0.2, 0) is 6.54 Å². The number of benzene rings is 1. The Balaban J connectivity index is 2.35. The second-order valence-corrected chi connectivity index (χ2v) is 4.08. The largest absolute Gasteiger partial charge is 0.358 e. The first-order valence-electron chi connectivity index (χ1n) is 5.41. The third-order valence-electron chi connectivity index (χ3n) is 2.89. The minimum absolute atomic E-state index is 0.297. The SMILES string of the molecule is Cc1[nH]c2ccccc2c1CN(C)C(=O)NN. The minimum Gasteiger partial charge on any atom is -0.358 e. The van der Waals surface area contributed by atoms with Gasteiger partial charge in [0.1, 0.15) is 0 Å². The molecule has 17 heavy (non-hydrogen) atoms. The van der Waals surface area contributed by atoms with Crippen LogP contribution >= 0.6 is 0 Å². The predicted molar refractivity (Wildman–Crippen MR) is 67.2 cm³/mol. The predicted octanol–water partition coefficient (Wildman–Crippen LogP) is 1.49. The number of nitrogens with two attached hydrogens (primary N) is 1. The second kappa shape index (κ2) is 4.47. The van der Waals surface area contributed by atoms with Crippen molar-refractivity contribution < 1.29 is 4.79 Å². The molecule has 2 amide bonds. The van der Waals surface area contributed by atoms with Gasteiger partial charge in [-0.25, -0.2) is 10.6 Å². The number of fused-ring (bicyclic) bond motifs is 1. The summed E-state index contributed by atoms with van der Waals surface area (Å²) in [6, 6.07) is 7.74. The van der Waals surface area contributed by atoms with Crippen molar-refractivity contribution in [1.29, 1.82) is 0 Å². The van der Waals surface area contributed by atoms with Crippen LogP contribution in [0.2, 0.25) is 0 Å². The van der Waals surface area contributed by atoms with Gasteiger partial charge >= 0.3 is 6.03 Å². The highest BCUT2D eigenvalue weighted by Gasteiger charge is 2.13. The third-order valence-corrected chi connectivity index (χ3v) is 2.89. The molecule has 2 aromatic rings. The first kappa shape index (κ1) is 11.5. The van der Waals surface area contributed by atoms with Crippen LogP contribution in [0.5, 0.6) is 0 Å². The summed E-state index contributed by atoms with van der Waals surface area (Å²) in [4.78, 5) is 16.2. The summed E-state index contributed by atoms with van der Waals surface area (Å²) in [6.45, 7) is 2.53. The Morgan fingerprint density at radius 2 is 2.18 bits per heavy atom. The van der Waals surface area contributed by atoms with Crippen LogP contribution < -0.4 is 11.3 Å². The zero-order chi connectivity index (χ0) is 12.4. The van der Waals surface area contributed by atoms with Crippen molar-refractivity contribution in [3.63, 3.8) is 0 Å². The van der Waals surface area contributed by atoms with E-state index >= 15 is 0 Å². The van der Waals surface area contributed by atoms with Crippen LogP contribution in [-0.4, -0.2) is 23.0 Å². The van der Waals surface area contributed by atoms with Gasteiger partial charge in [0.25, 0.3) is 0 Å². The van der Waals surface area contributed by atoms with Gasteiger partial charge in [0.15, 0.2) is 0 Å². The lowest BCUT2D eigenvalue weighted by molar-refractivity contribution is 0.207. The maximum Gasteiger partial charge on any atom is 0.331 e. The Morgan fingerprint density at radius 3 is 2.88 bits per heavy atom. The molecule has 0 radical (unpaired) electrons. The van der Waals surface area contributed by atoms with E-state index in [2.05, 4.69) is 10.4 Å². The van der Waals surface area contributed by atoms with Gasteiger partial charge in [-0.05, 0) is 18.6 Å². The molecule has 4 N–H and O–H groups in total. The van der Waals surface area contributed by atoms with E-state index in [-0.39, 0.29) is 6.03 Å². The van der Waals surface area contributed by atoms with Gasteiger partial charge in [0.2, 0.25) is 0 Å². The first-order valence-corrected chi connectivity index (χ1v) is 5.41. The molecule has 0 unspecified atom stereocenters. The van der Waals surface area contributed by atoms with Crippen molar-refractivity contribution in [3.8, 4) is 0 Å². The van der Waals surface area contributed by atoms with Crippen molar-refractivity contribution in [1.82, 2.24) is 15.3 Å². The summed E-state index contributed by atoms with van der Waals surface area (Å²) in [5.74, 6) is 5.10. The number of carbonyl (C=O) groups excluding carboxylic acids is 1. The van der Waals surface area contributed by atoms with E-state index in [1.54, 1.807) is 11.9 Å². The molecule has 5 nitrogen and oxygen atoms in total. The number of para-hydroxylation sites is 1. The number of aromatic amines is 1. The van der Waals surface area contributed by atoms with Gasteiger partial charge < -0.3 is 9.88 Å². The smallest absolute Gasteiger partial charge is 0.331 e. The number of hydrogen-bond donors (Lipinski definition) is 3. The Bertz CT molecular complexity index is 546. The number of hydrogen-bond acceptors (Lipinski definition) is 2. The lowest BCUT2D eigenvalue weighted by Gasteiger charge is -2.16. The molecule has 1 heterocycles. The molecule has 0 spiro atoms. The minimum atomic E-state index is -0.297. The molecule has 0 aliphatic rings. The zero-order valence-electron chi connectivity index (χ0n) is 9.95. The summed E-state index contributed by atoms with van der Waals surface area (Å²) < 4.78 is 0. The van der Waals surface area contributed by atoms with Crippen LogP contribution in [0.4, 0.5) is 4.79 Å². The number of H-pyrrole nitrogens is 1. The normalized spacial score (nSPS) is 10.5. The van der Waals surface area contributed by atoms with E-state index in [1.807, 2.05) is 31.2 Å². The highest BCUT2D eigenvalue weighted by molar-refractivity contribution is 5.85. The Kier molecular flexibility index (Phi) is 3.01. The van der Waals surface area contributed by atoms with Crippen LogP contribution in [0.25, 0.3) is 10.9 Å². The van der Waals surface area contributed by atoms with E-state index in [0.29, 0.717) is 6.54 Å². The van der Waals surface area contributed by atoms with E-state index in [4.69, 9.17) is 5.84 Å². The fourth-order valence-electron chi connectivity index (χ4n) is 1.96. The average Bonchev–Trinajstić information content (AvgIpc) is 2.65. The summed E-state index contributed by atoms with van der Waals surface area (Å²) in [5.41, 5.74) is 5.40. The monoisotopic (exact) mass is 232 g/mol. The topological polar surface area (TPSA) is 74.2 Å². The molecule has 2 rings (SSSR count). The summed E-state index contributed by atoms with van der Waals surface area (Å²) in [7, 11) is 1.71. The van der Waals surface area contributed by atoms with Gasteiger partial charge in [-0.1, -0.05) is 18.2 Å². The number of nitrogens with zero attached hydrogens (tertiary/aromatic N) is 1. The number of carbonyl (C=O) groups is 1. The summed E-state index contributed by atoms with van der Waals surface area (Å²) in [5, 5.41) is 1.14. The molecular formula is C12H16N4O. The first-order chi connectivity index (χ1) is 8.13. The summed E-state index contributed by atoms with van der Waals surface area (Å²) in [6.07, 6.45) is 0. The molecule has 0 aliphatic carbocycles. The van der Waals surface area contributed by atoms with Gasteiger partial charge in [-0.2, -0.15) is 0 Å². The fraction of sp³-hybridized carbons (Fsp3) is 0.250. The molecule has 0 saturated heterocycles. The van der Waals surface area contributed by atoms with Gasteiger partial charge in [0.05, 0.1) is 0 Å². The van der Waals surface area contributed by atoms with Gasteiger partial charge in [-0.3, -0.25) is 5.43 Å². The number of amides is 2. The quantitative estimate of drug-likeness (QED) is 0.417. The third kappa shape index (κ3) is 2.09. The van der Waals surface area contributed by atoms with Crippen LogP contribution in [0.3, 0.4) is 0 Å². The van der Waals surface area contributed by atoms with Gasteiger partial charge in [0, 0.05) is 30.2 Å². The molecule has 1 aromatic heterocycles. The van der Waals surface area contributed by atoms with E-state index in [9.17, 15) is 4.79 Å². The van der Waals surface area contributed by atoms with Gasteiger partial charge in [-0.15, -0.1) is 0 Å². The highest BCUT2D eigenvalue weighted by Crippen LogP contribution is 2.22. The number of urea groups is 1. The molecule has 0 fully saturated rings. The number of rotatable bonds is 2. The lowest BCUT2D eigenvalue weighted by atomic mass is 10.1. The number of aromatic nitrogens is 1. The van der Waals surface area contributed by atoms with E-state index in [0.717, 1.165) is 22.2 Å². The zero-order valence-corrected chi connectivity index (χ0v) is 9.95. The van der Waals surface area contributed by atoms with Crippen LogP contribution in [0.15, 0.2) is 24.3 Å². The molecule has 0 bridgehead atoms. The van der Waals surface area contributed by atoms with E-state index in [1.165, 1.54) is 0 Å². The average molecular weight is 232 g/mol. The highest BCUT2D eigenvalue weighted by atomic mass is 16.2. The second-order valence-electron chi connectivity index (χ2n) is 4.08. The number of aryl methyl sites for hydroxylation is 1. The van der Waals surface area contributed by atoms with Crippen LogP contribution in [0, 0.1) is 6.92 Å². The Labute approximate surface area is 99.6 Å². The van der Waals surface area contributed by atoms with Crippen molar-refractivity contribution in [2.24, 2.45) is 5.84 Å². The lowest BCUT2D eigenvalue weighted by Crippen LogP contribution is -2.40. The van der Waals surface area contributed by atoms with E-state index < -0.39 is 0 Å². The molecule has 5 heteroatoms. The van der Waals surface area contributed by atoms with Crippen molar-refractivity contribution >= 4 is 16.9 Å². The molecule has 0 aliphatic heterocycles. The molecule has 0 atom stereocenters. The van der Waals surface area contributed by atoms with Crippen molar-refractivity contribution in [2.45, 2.75) is 13.5 Å². The van der Waals surface area contributed by atoms with Crippen molar-refractivity contribution in [3.05, 3.63) is 35.5 Å².